The van der Waals surface area contributed by atoms with Gasteiger partial charge in [-0.05, 0) is 12.1 Å². The molecule has 21 nitrogen and oxygen atoms in total. The lowest BCUT2D eigenvalue weighted by atomic mass is 9.99. The fourth-order valence-corrected chi connectivity index (χ4v) is 7.36. The number of H-pyrrole nitrogens is 1. The molecule has 0 saturated carbocycles. The summed E-state index contributed by atoms with van der Waals surface area (Å²) in [4.78, 5) is 42.5. The molecule has 1 aromatic carbocycles. The zero-order chi connectivity index (χ0) is 34.1. The number of rotatable bonds is 13. The Morgan fingerprint density at radius 2 is 1.70 bits per heavy atom. The highest BCUT2D eigenvalue weighted by atomic mass is 31.3. The Labute approximate surface area is 264 Å². The van der Waals surface area contributed by atoms with E-state index in [1.807, 2.05) is 0 Å². The summed E-state index contributed by atoms with van der Waals surface area (Å²) in [6.07, 6.45) is -13.4. The minimum absolute atomic E-state index is 0.0864. The number of nitrogen functional groups attached to an aromatic ring is 1. The van der Waals surface area contributed by atoms with Crippen molar-refractivity contribution < 1.29 is 72.2 Å². The highest BCUT2D eigenvalue weighted by Gasteiger charge is 2.48. The molecule has 0 amide bonds. The van der Waals surface area contributed by atoms with Crippen LogP contribution in [0.25, 0.3) is 11.2 Å². The van der Waals surface area contributed by atoms with Gasteiger partial charge >= 0.3 is 15.4 Å². The molecule has 0 radical (unpaired) electrons. The lowest BCUT2D eigenvalue weighted by Gasteiger charge is -2.41. The number of nitrogens with zero attached hydrogens (tertiary/aromatic N) is 3. The summed E-state index contributed by atoms with van der Waals surface area (Å²) >= 11 is 0. The number of hydrogen-bond acceptors (Lipinski definition) is 17. The van der Waals surface area contributed by atoms with Gasteiger partial charge in [-0.15, -0.1) is 0 Å². The molecule has 11 atom stereocenters. The largest absolute Gasteiger partial charge is 0.479 e. The van der Waals surface area contributed by atoms with Crippen molar-refractivity contribution in [3.63, 3.8) is 0 Å². The molecule has 2 saturated heterocycles. The zero-order valence-corrected chi connectivity index (χ0v) is 25.9. The second kappa shape index (κ2) is 14.3. The standard InChI is InChI=1S/C24H33N5O16P2/c25-24-27-20-14(21(35)28-24)26-10-29(20)22-18(34)16(32)13(43-22)9-41-47(38,39)45-46(36,37)7-6-40-19-17(33)15(31)12(8-30)44-23(19)42-11-4-2-1-3-5-11/h1-5,10,12-13,15-19,22-23,30-34H,6-9H2,(H,36,37)(H,38,39)(H3,25,27,28,35)/t12-,13-,15+,16-,17+,18-,19-,22-,23?/m1/s1. The molecule has 0 bridgehead atoms. The molecular formula is C24H33N5O16P2. The molecule has 3 unspecified atom stereocenters. The maximum atomic E-state index is 12.6. The molecule has 0 aliphatic carbocycles. The van der Waals surface area contributed by atoms with Gasteiger partial charge < -0.3 is 60.0 Å². The van der Waals surface area contributed by atoms with Crippen LogP contribution in [0.4, 0.5) is 5.95 Å². The number of aliphatic hydroxyl groups is 5. The van der Waals surface area contributed by atoms with E-state index in [2.05, 4.69) is 19.3 Å². The van der Waals surface area contributed by atoms with E-state index < -0.39 is 102 Å². The van der Waals surface area contributed by atoms with E-state index in [0.717, 1.165) is 10.9 Å². The van der Waals surface area contributed by atoms with Gasteiger partial charge in [0.05, 0.1) is 32.3 Å². The van der Waals surface area contributed by atoms with Crippen LogP contribution in [-0.4, -0.2) is 130 Å². The molecule has 3 aromatic rings. The Balaban J connectivity index is 1.16. The Morgan fingerprint density at radius 3 is 2.40 bits per heavy atom. The Morgan fingerprint density at radius 1 is 1.00 bits per heavy atom. The number of fused-ring (bicyclic) bond motifs is 1. The van der Waals surface area contributed by atoms with Gasteiger partial charge in [-0.1, -0.05) is 18.2 Å². The van der Waals surface area contributed by atoms with Crippen molar-refractivity contribution in [3.05, 3.63) is 47.0 Å². The van der Waals surface area contributed by atoms with E-state index in [1.165, 1.54) is 0 Å². The monoisotopic (exact) mass is 709 g/mol. The van der Waals surface area contributed by atoms with Crippen molar-refractivity contribution in [1.29, 1.82) is 0 Å². The third-order valence-electron chi connectivity index (χ3n) is 7.20. The van der Waals surface area contributed by atoms with Gasteiger partial charge in [0.1, 0.15) is 48.5 Å². The van der Waals surface area contributed by atoms with Crippen LogP contribution in [0, 0.1) is 0 Å². The molecule has 10 N–H and O–H groups in total. The molecule has 2 aliphatic rings. The number of imidazole rings is 1. The van der Waals surface area contributed by atoms with Crippen LogP contribution in [0.15, 0.2) is 41.5 Å². The summed E-state index contributed by atoms with van der Waals surface area (Å²) in [6.45, 7) is -2.25. The molecule has 4 heterocycles. The number of aromatic amines is 1. The highest BCUT2D eigenvalue weighted by Crippen LogP contribution is 2.60. The third-order valence-corrected chi connectivity index (χ3v) is 10.3. The van der Waals surface area contributed by atoms with E-state index in [1.54, 1.807) is 30.3 Å². The van der Waals surface area contributed by atoms with Crippen molar-refractivity contribution in [1.82, 2.24) is 19.5 Å². The summed E-state index contributed by atoms with van der Waals surface area (Å²) in [5, 5.41) is 51.3. The second-order valence-corrected chi connectivity index (χ2v) is 14.1. The number of ether oxygens (including phenoxy) is 4. The molecule has 23 heteroatoms. The maximum absolute atomic E-state index is 12.6. The van der Waals surface area contributed by atoms with Crippen LogP contribution >= 0.6 is 15.4 Å². The van der Waals surface area contributed by atoms with E-state index in [4.69, 9.17) is 29.2 Å². The average molecular weight is 709 g/mol. The number of nitrogens with one attached hydrogen (secondary N) is 1. The SMILES string of the molecule is Nc1nc2c(ncn2[C@@H]2O[C@H](COP(=O)(O)OP(=O)(O)CCO[C@H]3C(Oc4ccccc4)O[C@H](CO)[C@H](O)[C@@H]3O)[C@@H](O)[C@H]2O)c(=O)[nH]1. The first kappa shape index (κ1) is 35.5. The quantitative estimate of drug-likeness (QED) is 0.0831. The van der Waals surface area contributed by atoms with Crippen molar-refractivity contribution in [2.24, 2.45) is 0 Å². The average Bonchev–Trinajstić information content (AvgIpc) is 3.55. The minimum Gasteiger partial charge on any atom is -0.462 e. The fraction of sp³-hybridized carbons (Fsp3) is 0.542. The first-order chi connectivity index (χ1) is 22.2. The van der Waals surface area contributed by atoms with Gasteiger partial charge in [0.2, 0.25) is 12.2 Å². The third kappa shape index (κ3) is 8.07. The molecule has 260 valence electrons. The van der Waals surface area contributed by atoms with Gasteiger partial charge in [-0.2, -0.15) is 4.98 Å². The number of hydrogen-bond donors (Lipinski definition) is 9. The summed E-state index contributed by atoms with van der Waals surface area (Å²) < 4.78 is 57.7. The lowest BCUT2D eigenvalue weighted by molar-refractivity contribution is -0.286. The number of nitrogens with two attached hydrogens (primary N) is 1. The van der Waals surface area contributed by atoms with E-state index in [0.29, 0.717) is 0 Å². The number of phosphoric ester groups is 1. The van der Waals surface area contributed by atoms with Gasteiger partial charge in [-0.25, -0.2) is 13.9 Å². The molecule has 5 rings (SSSR count). The Kier molecular flexibility index (Phi) is 10.8. The first-order valence-electron chi connectivity index (χ1n) is 13.9. The summed E-state index contributed by atoms with van der Waals surface area (Å²) in [6, 6.07) is 8.14. The van der Waals surface area contributed by atoms with Crippen molar-refractivity contribution >= 4 is 32.5 Å². The number of aliphatic hydroxyl groups excluding tert-OH is 5. The molecule has 2 aliphatic heterocycles. The summed E-state index contributed by atoms with van der Waals surface area (Å²) in [5.74, 6) is 0.0250. The molecular weight excluding hydrogens is 676 g/mol. The highest BCUT2D eigenvalue weighted by molar-refractivity contribution is 7.64. The van der Waals surface area contributed by atoms with Crippen LogP contribution < -0.4 is 16.0 Å². The fourth-order valence-electron chi connectivity index (χ4n) is 4.89. The van der Waals surface area contributed by atoms with E-state index in [-0.39, 0.29) is 22.9 Å². The van der Waals surface area contributed by atoms with E-state index >= 15 is 0 Å². The number of benzene rings is 1. The van der Waals surface area contributed by atoms with Crippen molar-refractivity contribution in [2.75, 3.05) is 31.7 Å². The predicted molar refractivity (Wildman–Crippen MR) is 155 cm³/mol. The normalized spacial score (nSPS) is 32.2. The molecule has 2 fully saturated rings. The zero-order valence-electron chi connectivity index (χ0n) is 24.1. The van der Waals surface area contributed by atoms with Crippen molar-refractivity contribution in [2.45, 2.75) is 55.2 Å². The van der Waals surface area contributed by atoms with Crippen LogP contribution in [0.5, 0.6) is 5.75 Å². The van der Waals surface area contributed by atoms with Crippen LogP contribution in [0.1, 0.15) is 6.23 Å². The summed E-state index contributed by atoms with van der Waals surface area (Å²) in [7, 11) is -10.3. The van der Waals surface area contributed by atoms with Crippen LogP contribution in [0.2, 0.25) is 0 Å². The van der Waals surface area contributed by atoms with Gasteiger partial charge in [0.15, 0.2) is 17.4 Å². The number of anilines is 1. The molecule has 0 spiro atoms. The number of para-hydroxylation sites is 1. The lowest BCUT2D eigenvalue weighted by Crippen LogP contribution is -2.61. The smallest absolute Gasteiger partial charge is 0.462 e. The number of aromatic nitrogens is 4. The Hall–Kier alpha value is -2.85. The molecule has 47 heavy (non-hydrogen) atoms. The van der Waals surface area contributed by atoms with E-state index in [9.17, 15) is 49.2 Å². The van der Waals surface area contributed by atoms with Crippen LogP contribution in [-0.2, 0) is 32.2 Å². The topological polar surface area (TPSA) is 321 Å². The van der Waals surface area contributed by atoms with Gasteiger partial charge in [-0.3, -0.25) is 23.4 Å². The maximum Gasteiger partial charge on any atom is 0.479 e. The first-order valence-corrected chi connectivity index (χ1v) is 17.2. The van der Waals surface area contributed by atoms with Gasteiger partial charge in [0, 0.05) is 0 Å². The van der Waals surface area contributed by atoms with Crippen molar-refractivity contribution in [3.8, 4) is 5.75 Å². The van der Waals surface area contributed by atoms with Crippen LogP contribution in [0.3, 0.4) is 0 Å². The molecule has 2 aromatic heterocycles. The second-order valence-electron chi connectivity index (χ2n) is 10.5. The Bertz CT molecular complexity index is 1680. The number of phosphoric acid groups is 1. The minimum atomic E-state index is -5.31. The van der Waals surface area contributed by atoms with Gasteiger partial charge in [0.25, 0.3) is 5.56 Å². The summed E-state index contributed by atoms with van der Waals surface area (Å²) in [5.41, 5.74) is 4.66. The predicted octanol–water partition coefficient (Wildman–Crippen LogP) is -2.46.